The quantitative estimate of drug-likeness (QED) is 0.708. The van der Waals surface area contributed by atoms with Gasteiger partial charge < -0.3 is 5.11 Å². The third kappa shape index (κ3) is 3.06. The first-order valence-electron chi connectivity index (χ1n) is 6.24. The fourth-order valence-electron chi connectivity index (χ4n) is 2.81. The molecule has 1 aliphatic carbocycles. The van der Waals surface area contributed by atoms with Crippen LogP contribution < -0.4 is 0 Å². The Morgan fingerprint density at radius 3 is 2.75 bits per heavy atom. The Morgan fingerprint density at radius 2 is 2.19 bits per heavy atom. The van der Waals surface area contributed by atoms with Gasteiger partial charge in [0, 0.05) is 12.3 Å². The van der Waals surface area contributed by atoms with E-state index in [1.54, 1.807) is 0 Å². The smallest absolute Gasteiger partial charge is 0.303 e. The minimum Gasteiger partial charge on any atom is -0.481 e. The second-order valence-corrected chi connectivity index (χ2v) is 5.24. The molecule has 0 aromatic carbocycles. The van der Waals surface area contributed by atoms with E-state index in [1.165, 1.54) is 0 Å². The molecule has 1 fully saturated rings. The van der Waals surface area contributed by atoms with Crippen LogP contribution in [0.1, 0.15) is 58.8 Å². The number of Topliss-reactive ketones (excluding diaryl/α,β-unsaturated/α-hetero) is 1. The van der Waals surface area contributed by atoms with Gasteiger partial charge in [-0.1, -0.05) is 33.1 Å². The van der Waals surface area contributed by atoms with Crippen molar-refractivity contribution in [2.24, 2.45) is 11.3 Å². The van der Waals surface area contributed by atoms with Crippen LogP contribution in [-0.4, -0.2) is 16.9 Å². The van der Waals surface area contributed by atoms with Crippen LogP contribution in [0.3, 0.4) is 0 Å². The minimum atomic E-state index is -0.780. The average Bonchev–Trinajstić information content (AvgIpc) is 2.44. The number of carbonyl (C=O) groups excluding carboxylic acids is 1. The summed E-state index contributed by atoms with van der Waals surface area (Å²) >= 11 is 0. The van der Waals surface area contributed by atoms with Crippen molar-refractivity contribution < 1.29 is 14.7 Å². The summed E-state index contributed by atoms with van der Waals surface area (Å²) < 4.78 is 0. The van der Waals surface area contributed by atoms with Crippen LogP contribution in [0.5, 0.6) is 0 Å². The lowest BCUT2D eigenvalue weighted by molar-refractivity contribution is -0.140. The molecule has 1 N–H and O–H groups in total. The Labute approximate surface area is 97.2 Å². The molecule has 0 spiro atoms. The van der Waals surface area contributed by atoms with Crippen molar-refractivity contribution >= 4 is 11.8 Å². The molecular formula is C13H22O3. The van der Waals surface area contributed by atoms with E-state index in [0.29, 0.717) is 6.42 Å². The van der Waals surface area contributed by atoms with E-state index in [0.717, 1.165) is 32.1 Å². The zero-order valence-electron chi connectivity index (χ0n) is 10.3. The predicted molar refractivity (Wildman–Crippen MR) is 62.2 cm³/mol. The maximum absolute atomic E-state index is 11.8. The van der Waals surface area contributed by atoms with Crippen LogP contribution in [0, 0.1) is 11.3 Å². The van der Waals surface area contributed by atoms with Crippen molar-refractivity contribution in [3.63, 3.8) is 0 Å². The van der Waals surface area contributed by atoms with Crippen LogP contribution in [0.4, 0.5) is 0 Å². The highest BCUT2D eigenvalue weighted by Crippen LogP contribution is 2.46. The van der Waals surface area contributed by atoms with Gasteiger partial charge in [-0.3, -0.25) is 9.59 Å². The van der Waals surface area contributed by atoms with Crippen molar-refractivity contribution in [3.8, 4) is 0 Å². The lowest BCUT2D eigenvalue weighted by atomic mass is 9.74. The second-order valence-electron chi connectivity index (χ2n) is 5.24. The first-order chi connectivity index (χ1) is 7.49. The van der Waals surface area contributed by atoms with Crippen molar-refractivity contribution in [2.75, 3.05) is 0 Å². The lowest BCUT2D eigenvalue weighted by Gasteiger charge is -2.28. The Balaban J connectivity index is 2.61. The summed E-state index contributed by atoms with van der Waals surface area (Å²) in [6, 6.07) is 0. The Kier molecular flexibility index (Phi) is 4.51. The molecule has 2 atom stereocenters. The van der Waals surface area contributed by atoms with Crippen LogP contribution in [0.2, 0.25) is 0 Å². The number of ketones is 1. The summed E-state index contributed by atoms with van der Waals surface area (Å²) in [5.74, 6) is -0.521. The van der Waals surface area contributed by atoms with E-state index < -0.39 is 5.97 Å². The van der Waals surface area contributed by atoms with E-state index >= 15 is 0 Å². The number of hydrogen-bond donors (Lipinski definition) is 1. The summed E-state index contributed by atoms with van der Waals surface area (Å²) in [4.78, 5) is 22.6. The van der Waals surface area contributed by atoms with Crippen molar-refractivity contribution in [1.29, 1.82) is 0 Å². The zero-order chi connectivity index (χ0) is 12.2. The van der Waals surface area contributed by atoms with Gasteiger partial charge in [0.2, 0.25) is 0 Å². The Hall–Kier alpha value is -0.860. The maximum atomic E-state index is 11.8. The normalized spacial score (nSPS) is 29.6. The van der Waals surface area contributed by atoms with Crippen LogP contribution in [0.25, 0.3) is 0 Å². The largest absolute Gasteiger partial charge is 0.481 e. The molecule has 3 heteroatoms. The number of hydrogen-bond acceptors (Lipinski definition) is 2. The van der Waals surface area contributed by atoms with Gasteiger partial charge in [0.05, 0.1) is 6.42 Å². The zero-order valence-corrected chi connectivity index (χ0v) is 10.3. The number of carboxylic acids is 1. The van der Waals surface area contributed by atoms with Gasteiger partial charge in [-0.05, 0) is 18.3 Å². The van der Waals surface area contributed by atoms with Crippen molar-refractivity contribution in [3.05, 3.63) is 0 Å². The molecule has 16 heavy (non-hydrogen) atoms. The first-order valence-corrected chi connectivity index (χ1v) is 6.24. The predicted octanol–water partition coefficient (Wildman–Crippen LogP) is 3.03. The topological polar surface area (TPSA) is 54.4 Å². The molecule has 0 aromatic rings. The fourth-order valence-corrected chi connectivity index (χ4v) is 2.81. The molecule has 0 aliphatic heterocycles. The molecule has 0 aromatic heterocycles. The van der Waals surface area contributed by atoms with E-state index in [9.17, 15) is 9.59 Å². The highest BCUT2D eigenvalue weighted by molar-refractivity contribution is 5.85. The molecular weight excluding hydrogens is 204 g/mol. The molecule has 1 unspecified atom stereocenters. The van der Waals surface area contributed by atoms with E-state index in [1.807, 2.05) is 6.92 Å². The van der Waals surface area contributed by atoms with Gasteiger partial charge in [-0.2, -0.15) is 0 Å². The third-order valence-electron chi connectivity index (χ3n) is 3.82. The summed E-state index contributed by atoms with van der Waals surface area (Å²) in [5, 5.41) is 8.90. The molecule has 1 saturated carbocycles. The van der Waals surface area contributed by atoms with Crippen molar-refractivity contribution in [2.45, 2.75) is 58.8 Å². The van der Waals surface area contributed by atoms with Crippen LogP contribution in [-0.2, 0) is 9.59 Å². The molecule has 92 valence electrons. The van der Waals surface area contributed by atoms with Gasteiger partial charge >= 0.3 is 5.97 Å². The molecule has 1 rings (SSSR count). The van der Waals surface area contributed by atoms with Crippen LogP contribution >= 0.6 is 0 Å². The summed E-state index contributed by atoms with van der Waals surface area (Å²) in [5.41, 5.74) is -0.295. The molecule has 0 bridgehead atoms. The van der Waals surface area contributed by atoms with Gasteiger partial charge in [0.1, 0.15) is 5.78 Å². The maximum Gasteiger partial charge on any atom is 0.303 e. The monoisotopic (exact) mass is 226 g/mol. The van der Waals surface area contributed by atoms with E-state index in [2.05, 4.69) is 6.92 Å². The number of aliphatic carboxylic acids is 1. The average molecular weight is 226 g/mol. The van der Waals surface area contributed by atoms with E-state index in [4.69, 9.17) is 5.11 Å². The highest BCUT2D eigenvalue weighted by Gasteiger charge is 2.44. The van der Waals surface area contributed by atoms with Gasteiger partial charge in [-0.15, -0.1) is 0 Å². The molecule has 0 radical (unpaired) electrons. The first kappa shape index (κ1) is 13.2. The van der Waals surface area contributed by atoms with Gasteiger partial charge in [0.15, 0.2) is 0 Å². The van der Waals surface area contributed by atoms with Gasteiger partial charge in [0.25, 0.3) is 0 Å². The highest BCUT2D eigenvalue weighted by atomic mass is 16.4. The standard InChI is InChI=1S/C13H22O3/c1-3-4-5-6-10-11(14)7-8-13(10,2)9-12(15)16/h10H,3-9H2,1-2H3,(H,15,16)/t10?,13-/m1/s1. The Bertz CT molecular complexity index is 272. The fraction of sp³-hybridized carbons (Fsp3) is 0.846. The summed E-state index contributed by atoms with van der Waals surface area (Å²) in [6.07, 6.45) is 5.63. The summed E-state index contributed by atoms with van der Waals surface area (Å²) in [6.45, 7) is 4.09. The number of rotatable bonds is 6. The molecule has 0 heterocycles. The number of carbonyl (C=O) groups is 2. The van der Waals surface area contributed by atoms with Gasteiger partial charge in [-0.25, -0.2) is 0 Å². The third-order valence-corrected chi connectivity index (χ3v) is 3.82. The van der Waals surface area contributed by atoms with Crippen molar-refractivity contribution in [1.82, 2.24) is 0 Å². The molecule has 1 aliphatic rings. The lowest BCUT2D eigenvalue weighted by Crippen LogP contribution is -2.28. The second kappa shape index (κ2) is 5.46. The SMILES string of the molecule is CCCCCC1C(=O)CC[C@]1(C)CC(=O)O. The number of carboxylic acid groups (broad SMARTS) is 1. The van der Waals surface area contributed by atoms with E-state index in [-0.39, 0.29) is 23.5 Å². The van der Waals surface area contributed by atoms with Crippen LogP contribution in [0.15, 0.2) is 0 Å². The molecule has 3 nitrogen and oxygen atoms in total. The Morgan fingerprint density at radius 1 is 1.50 bits per heavy atom. The minimum absolute atomic E-state index is 0.0184. The molecule has 0 saturated heterocycles. The number of unbranched alkanes of at least 4 members (excludes halogenated alkanes) is 2. The summed E-state index contributed by atoms with van der Waals surface area (Å²) in [7, 11) is 0. The molecule has 0 amide bonds.